The van der Waals surface area contributed by atoms with E-state index in [0.29, 0.717) is 12.8 Å². The fourth-order valence-corrected chi connectivity index (χ4v) is 2.09. The summed E-state index contributed by atoms with van der Waals surface area (Å²) in [6.45, 7) is 0. The van der Waals surface area contributed by atoms with Crippen LogP contribution in [0.25, 0.3) is 0 Å². The summed E-state index contributed by atoms with van der Waals surface area (Å²) in [5.41, 5.74) is -0.299. The van der Waals surface area contributed by atoms with Crippen molar-refractivity contribution < 1.29 is 9.18 Å². The van der Waals surface area contributed by atoms with E-state index >= 15 is 0 Å². The van der Waals surface area contributed by atoms with Crippen LogP contribution in [0.2, 0.25) is 0 Å². The quantitative estimate of drug-likeness (QED) is 0.835. The average Bonchev–Trinajstić information content (AvgIpc) is 2.68. The fourth-order valence-electron chi connectivity index (χ4n) is 2.09. The molecule has 5 heteroatoms. The van der Waals surface area contributed by atoms with Crippen LogP contribution >= 0.6 is 0 Å². The Morgan fingerprint density at radius 3 is 2.94 bits per heavy atom. The maximum atomic E-state index is 13.3. The second-order valence-corrected chi connectivity index (χ2v) is 4.36. The lowest BCUT2D eigenvalue weighted by Gasteiger charge is -2.14. The molecule has 1 aliphatic rings. The van der Waals surface area contributed by atoms with E-state index < -0.39 is 18.1 Å². The predicted molar refractivity (Wildman–Crippen MR) is 61.7 cm³/mol. The fraction of sp³-hybridized carbons (Fsp3) is 0.500. The van der Waals surface area contributed by atoms with Gasteiger partial charge >= 0.3 is 0 Å². The van der Waals surface area contributed by atoms with E-state index in [2.05, 4.69) is 5.32 Å². The minimum absolute atomic E-state index is 0.0640. The molecule has 1 amide bonds. The number of rotatable bonds is 2. The number of hydrogen-bond donors (Lipinski definition) is 1. The Balaban J connectivity index is 2.15. The van der Waals surface area contributed by atoms with Gasteiger partial charge in [-0.15, -0.1) is 0 Å². The van der Waals surface area contributed by atoms with E-state index in [0.717, 1.165) is 6.42 Å². The van der Waals surface area contributed by atoms with E-state index in [-0.39, 0.29) is 11.1 Å². The number of alkyl halides is 1. The van der Waals surface area contributed by atoms with Gasteiger partial charge in [-0.2, -0.15) is 0 Å². The van der Waals surface area contributed by atoms with Crippen molar-refractivity contribution in [2.24, 2.45) is 7.05 Å². The van der Waals surface area contributed by atoms with Crippen molar-refractivity contribution >= 4 is 5.91 Å². The van der Waals surface area contributed by atoms with E-state index in [1.54, 1.807) is 19.3 Å². The number of pyridine rings is 1. The molecule has 0 aromatic carbocycles. The molecular formula is C12H15FN2O2. The highest BCUT2D eigenvalue weighted by Crippen LogP contribution is 2.21. The Kier molecular flexibility index (Phi) is 3.26. The van der Waals surface area contributed by atoms with Crippen LogP contribution in [0.1, 0.15) is 29.6 Å². The Labute approximate surface area is 98.4 Å². The summed E-state index contributed by atoms with van der Waals surface area (Å²) in [6.07, 6.45) is 2.48. The summed E-state index contributed by atoms with van der Waals surface area (Å²) in [5.74, 6) is -0.485. The molecular weight excluding hydrogens is 223 g/mol. The maximum absolute atomic E-state index is 13.3. The van der Waals surface area contributed by atoms with Crippen LogP contribution in [-0.4, -0.2) is 22.7 Å². The zero-order chi connectivity index (χ0) is 12.4. The molecule has 4 nitrogen and oxygen atoms in total. The van der Waals surface area contributed by atoms with Crippen LogP contribution in [-0.2, 0) is 7.05 Å². The number of carbonyl (C=O) groups is 1. The zero-order valence-corrected chi connectivity index (χ0v) is 9.65. The second-order valence-electron chi connectivity index (χ2n) is 4.36. The molecule has 1 aromatic heterocycles. The van der Waals surface area contributed by atoms with Crippen LogP contribution in [0, 0.1) is 0 Å². The highest BCUT2D eigenvalue weighted by Gasteiger charge is 2.29. The number of nitrogens with one attached hydrogen (secondary N) is 1. The Morgan fingerprint density at radius 1 is 1.53 bits per heavy atom. The summed E-state index contributed by atoms with van der Waals surface area (Å²) in [4.78, 5) is 23.5. The van der Waals surface area contributed by atoms with Gasteiger partial charge in [0.25, 0.3) is 11.5 Å². The Morgan fingerprint density at radius 2 is 2.29 bits per heavy atom. The van der Waals surface area contributed by atoms with Gasteiger partial charge in [0.1, 0.15) is 11.7 Å². The predicted octanol–water partition coefficient (Wildman–Crippen LogP) is 1.01. The van der Waals surface area contributed by atoms with Gasteiger partial charge in [-0.05, 0) is 31.4 Å². The molecule has 1 aliphatic carbocycles. The lowest BCUT2D eigenvalue weighted by Crippen LogP contribution is -2.41. The van der Waals surface area contributed by atoms with Crippen molar-refractivity contribution in [2.45, 2.75) is 31.5 Å². The molecule has 2 unspecified atom stereocenters. The summed E-state index contributed by atoms with van der Waals surface area (Å²) in [7, 11) is 1.58. The molecule has 2 rings (SSSR count). The van der Waals surface area contributed by atoms with Crippen LogP contribution in [0.3, 0.4) is 0 Å². The topological polar surface area (TPSA) is 51.1 Å². The smallest absolute Gasteiger partial charge is 0.263 e. The Hall–Kier alpha value is -1.65. The number of hydrogen-bond acceptors (Lipinski definition) is 2. The molecule has 0 aliphatic heterocycles. The van der Waals surface area contributed by atoms with Crippen molar-refractivity contribution in [1.29, 1.82) is 0 Å². The third kappa shape index (κ3) is 2.38. The van der Waals surface area contributed by atoms with Gasteiger partial charge in [-0.1, -0.05) is 0 Å². The molecule has 1 N–H and O–H groups in total. The maximum Gasteiger partial charge on any atom is 0.263 e. The summed E-state index contributed by atoms with van der Waals surface area (Å²) >= 11 is 0. The highest BCUT2D eigenvalue weighted by molar-refractivity contribution is 5.94. The zero-order valence-electron chi connectivity index (χ0n) is 9.65. The Bertz CT molecular complexity index is 484. The largest absolute Gasteiger partial charge is 0.346 e. The number of halogens is 1. The number of aryl methyl sites for hydroxylation is 1. The number of amides is 1. The third-order valence-electron chi connectivity index (χ3n) is 3.12. The van der Waals surface area contributed by atoms with Crippen LogP contribution in [0.5, 0.6) is 0 Å². The molecule has 92 valence electrons. The highest BCUT2D eigenvalue weighted by atomic mass is 19.1. The normalized spacial score (nSPS) is 23.6. The van der Waals surface area contributed by atoms with Crippen LogP contribution in [0.4, 0.5) is 4.39 Å². The van der Waals surface area contributed by atoms with Crippen molar-refractivity contribution in [3.05, 3.63) is 34.2 Å². The lowest BCUT2D eigenvalue weighted by atomic mass is 10.2. The summed E-state index contributed by atoms with van der Waals surface area (Å²) in [5, 5.41) is 2.59. The molecule has 0 spiro atoms. The minimum atomic E-state index is -0.994. The van der Waals surface area contributed by atoms with Crippen LogP contribution in [0.15, 0.2) is 23.1 Å². The molecule has 0 saturated heterocycles. The van der Waals surface area contributed by atoms with E-state index in [1.165, 1.54) is 10.6 Å². The van der Waals surface area contributed by atoms with Gasteiger partial charge < -0.3 is 9.88 Å². The molecule has 1 saturated carbocycles. The average molecular weight is 238 g/mol. The van der Waals surface area contributed by atoms with Crippen molar-refractivity contribution in [1.82, 2.24) is 9.88 Å². The van der Waals surface area contributed by atoms with Gasteiger partial charge in [0.15, 0.2) is 0 Å². The van der Waals surface area contributed by atoms with Gasteiger partial charge in [0, 0.05) is 13.2 Å². The van der Waals surface area contributed by atoms with Crippen molar-refractivity contribution in [3.63, 3.8) is 0 Å². The third-order valence-corrected chi connectivity index (χ3v) is 3.12. The van der Waals surface area contributed by atoms with Crippen LogP contribution < -0.4 is 10.9 Å². The van der Waals surface area contributed by atoms with Crippen molar-refractivity contribution in [3.8, 4) is 0 Å². The molecule has 0 radical (unpaired) electrons. The monoisotopic (exact) mass is 238 g/mol. The van der Waals surface area contributed by atoms with Gasteiger partial charge in [0.2, 0.25) is 0 Å². The summed E-state index contributed by atoms with van der Waals surface area (Å²) in [6, 6.07) is 2.63. The first kappa shape index (κ1) is 11.8. The van der Waals surface area contributed by atoms with Crippen molar-refractivity contribution in [2.75, 3.05) is 0 Å². The second kappa shape index (κ2) is 4.69. The van der Waals surface area contributed by atoms with E-state index in [9.17, 15) is 14.0 Å². The van der Waals surface area contributed by atoms with Gasteiger partial charge in [-0.3, -0.25) is 9.59 Å². The number of aromatic nitrogens is 1. The molecule has 2 atom stereocenters. The minimum Gasteiger partial charge on any atom is -0.346 e. The molecule has 1 heterocycles. The number of nitrogens with zero attached hydrogens (tertiary/aromatic N) is 1. The molecule has 1 aromatic rings. The first-order valence-electron chi connectivity index (χ1n) is 5.70. The van der Waals surface area contributed by atoms with E-state index in [1.807, 2.05) is 0 Å². The number of carbonyl (C=O) groups excluding carboxylic acids is 1. The van der Waals surface area contributed by atoms with Gasteiger partial charge in [0.05, 0.1) is 6.04 Å². The standard InChI is InChI=1S/C12H15FN2O2/c1-15-7-3-4-8(12(15)17)11(16)14-10-6-2-5-9(10)13/h3-4,7,9-10H,2,5-6H2,1H3,(H,14,16). The first-order valence-corrected chi connectivity index (χ1v) is 5.70. The van der Waals surface area contributed by atoms with E-state index in [4.69, 9.17) is 0 Å². The SMILES string of the molecule is Cn1cccc(C(=O)NC2CCCC2F)c1=O. The molecule has 17 heavy (non-hydrogen) atoms. The first-order chi connectivity index (χ1) is 8.09. The lowest BCUT2D eigenvalue weighted by molar-refractivity contribution is 0.0917. The summed E-state index contributed by atoms with van der Waals surface area (Å²) < 4.78 is 14.7. The molecule has 1 fully saturated rings. The molecule has 0 bridgehead atoms. The van der Waals surface area contributed by atoms with Gasteiger partial charge in [-0.25, -0.2) is 4.39 Å².